The van der Waals surface area contributed by atoms with E-state index in [0.29, 0.717) is 25.0 Å². The van der Waals surface area contributed by atoms with Crippen LogP contribution in [0.15, 0.2) is 22.3 Å². The maximum Gasteiger partial charge on any atom is 0.174 e. The number of piperidine rings is 1. The van der Waals surface area contributed by atoms with Gasteiger partial charge in [-0.25, -0.2) is 0 Å². The van der Waals surface area contributed by atoms with Crippen LogP contribution in [0.3, 0.4) is 0 Å². The first-order valence-electron chi connectivity index (χ1n) is 8.79. The first-order valence-corrected chi connectivity index (χ1v) is 10.0. The van der Waals surface area contributed by atoms with Crippen LogP contribution < -0.4 is 4.74 Å². The van der Waals surface area contributed by atoms with Gasteiger partial charge in [-0.1, -0.05) is 34.7 Å². The molecule has 2 aliphatic carbocycles. The van der Waals surface area contributed by atoms with E-state index in [1.165, 1.54) is 0 Å². The fraction of sp³-hybridized carbons (Fsp3) is 0.526. The standard InChI is InChI=1S/C19H20INO4/c20-7-1-8-21-9-6-18-15-11-2-3-12(22)16(15)25-17(18)13(23)4-5-19(18,24)14(21)10-11/h1-3,7,14,17,22,24H,4-6,8-10H2/t14?,17-,18-,19+/m0/s1. The predicted octanol–water partition coefficient (Wildman–Crippen LogP) is 2.06. The van der Waals surface area contributed by atoms with Crippen molar-refractivity contribution < 1.29 is 19.7 Å². The average molecular weight is 453 g/mol. The van der Waals surface area contributed by atoms with E-state index in [1.54, 1.807) is 6.07 Å². The minimum Gasteiger partial charge on any atom is -0.504 e. The lowest BCUT2D eigenvalue weighted by atomic mass is 9.49. The van der Waals surface area contributed by atoms with Gasteiger partial charge in [0.05, 0.1) is 11.0 Å². The number of Topliss-reactive ketones (excluding diaryl/α,β-unsaturated/α-hetero) is 1. The first-order chi connectivity index (χ1) is 12.0. The fourth-order valence-corrected chi connectivity index (χ4v) is 6.03. The van der Waals surface area contributed by atoms with Crippen LogP contribution in [0.5, 0.6) is 11.5 Å². The fourth-order valence-electron chi connectivity index (χ4n) is 5.81. The van der Waals surface area contributed by atoms with E-state index in [0.717, 1.165) is 30.6 Å². The number of hydrogen-bond acceptors (Lipinski definition) is 5. The summed E-state index contributed by atoms with van der Waals surface area (Å²) >= 11 is 2.22. The molecule has 1 aromatic rings. The summed E-state index contributed by atoms with van der Waals surface area (Å²) in [5.41, 5.74) is 0.296. The van der Waals surface area contributed by atoms with Crippen molar-refractivity contribution in [2.24, 2.45) is 0 Å². The lowest BCUT2D eigenvalue weighted by Crippen LogP contribution is -2.76. The van der Waals surface area contributed by atoms with E-state index in [4.69, 9.17) is 4.74 Å². The molecule has 0 radical (unpaired) electrons. The number of carbonyl (C=O) groups is 1. The summed E-state index contributed by atoms with van der Waals surface area (Å²) in [5.74, 6) is 0.550. The van der Waals surface area contributed by atoms with Gasteiger partial charge in [-0.05, 0) is 35.0 Å². The Balaban J connectivity index is 1.74. The van der Waals surface area contributed by atoms with Crippen molar-refractivity contribution >= 4 is 28.4 Å². The Bertz CT molecular complexity index is 809. The monoisotopic (exact) mass is 453 g/mol. The lowest BCUT2D eigenvalue weighted by Gasteiger charge is -2.62. The Kier molecular flexibility index (Phi) is 3.35. The zero-order valence-electron chi connectivity index (χ0n) is 13.7. The Morgan fingerprint density at radius 1 is 1.40 bits per heavy atom. The van der Waals surface area contributed by atoms with Crippen LogP contribution >= 0.6 is 22.6 Å². The van der Waals surface area contributed by atoms with Crippen LogP contribution in [-0.4, -0.2) is 51.7 Å². The van der Waals surface area contributed by atoms with Gasteiger partial charge in [0.15, 0.2) is 23.4 Å². The van der Waals surface area contributed by atoms with Crippen LogP contribution in [0.1, 0.15) is 30.4 Å². The van der Waals surface area contributed by atoms with Crippen LogP contribution in [-0.2, 0) is 16.6 Å². The highest BCUT2D eigenvalue weighted by Gasteiger charge is 2.73. The zero-order chi connectivity index (χ0) is 17.4. The summed E-state index contributed by atoms with van der Waals surface area (Å²) in [7, 11) is 0. The molecule has 132 valence electrons. The number of ketones is 1. The predicted molar refractivity (Wildman–Crippen MR) is 100 cm³/mol. The summed E-state index contributed by atoms with van der Waals surface area (Å²) in [5, 5.41) is 22.2. The Morgan fingerprint density at radius 2 is 2.24 bits per heavy atom. The summed E-state index contributed by atoms with van der Waals surface area (Å²) in [6.07, 6.45) is 3.64. The van der Waals surface area contributed by atoms with Gasteiger partial charge in [0, 0.05) is 31.1 Å². The molecule has 2 fully saturated rings. The van der Waals surface area contributed by atoms with Gasteiger partial charge in [0.1, 0.15) is 0 Å². The third-order valence-electron chi connectivity index (χ3n) is 6.80. The molecule has 1 unspecified atom stereocenters. The van der Waals surface area contributed by atoms with E-state index >= 15 is 0 Å². The van der Waals surface area contributed by atoms with Gasteiger partial charge in [-0.3, -0.25) is 9.69 Å². The molecule has 1 spiro atoms. The van der Waals surface area contributed by atoms with Gasteiger partial charge in [-0.15, -0.1) is 0 Å². The molecule has 4 atom stereocenters. The van der Waals surface area contributed by atoms with E-state index in [2.05, 4.69) is 33.6 Å². The van der Waals surface area contributed by atoms with E-state index in [9.17, 15) is 15.0 Å². The number of hydrogen-bond donors (Lipinski definition) is 2. The molecule has 1 saturated carbocycles. The van der Waals surface area contributed by atoms with Crippen molar-refractivity contribution in [3.05, 3.63) is 33.4 Å². The topological polar surface area (TPSA) is 70.0 Å². The molecule has 1 saturated heterocycles. The average Bonchev–Trinajstić information content (AvgIpc) is 2.95. The van der Waals surface area contributed by atoms with Crippen molar-refractivity contribution in [3.63, 3.8) is 0 Å². The number of rotatable bonds is 2. The molecule has 4 aliphatic rings. The first kappa shape index (κ1) is 16.1. The molecule has 25 heavy (non-hydrogen) atoms. The van der Waals surface area contributed by atoms with Crippen LogP contribution in [0.2, 0.25) is 0 Å². The molecule has 2 bridgehead atoms. The second-order valence-corrected chi connectivity index (χ2v) is 8.35. The van der Waals surface area contributed by atoms with Crippen molar-refractivity contribution in [2.75, 3.05) is 13.1 Å². The van der Waals surface area contributed by atoms with Gasteiger partial charge >= 0.3 is 0 Å². The zero-order valence-corrected chi connectivity index (χ0v) is 15.9. The normalized spacial score (nSPS) is 38.7. The third kappa shape index (κ3) is 1.78. The number of phenols is 1. The van der Waals surface area contributed by atoms with Gasteiger partial charge in [0.25, 0.3) is 0 Å². The smallest absolute Gasteiger partial charge is 0.174 e. The lowest BCUT2D eigenvalue weighted by molar-refractivity contribution is -0.187. The largest absolute Gasteiger partial charge is 0.504 e. The molecule has 2 aliphatic heterocycles. The van der Waals surface area contributed by atoms with Crippen LogP contribution in [0.4, 0.5) is 0 Å². The number of ether oxygens (including phenoxy) is 1. The Labute approximate surface area is 159 Å². The van der Waals surface area contributed by atoms with Crippen molar-refractivity contribution in [3.8, 4) is 11.5 Å². The second-order valence-electron chi connectivity index (χ2n) is 7.63. The molecule has 2 N–H and O–H groups in total. The van der Waals surface area contributed by atoms with Crippen molar-refractivity contribution in [2.45, 2.75) is 48.8 Å². The van der Waals surface area contributed by atoms with E-state index in [-0.39, 0.29) is 17.6 Å². The quantitative estimate of drug-likeness (QED) is 0.672. The van der Waals surface area contributed by atoms with Crippen molar-refractivity contribution in [1.82, 2.24) is 4.90 Å². The summed E-state index contributed by atoms with van der Waals surface area (Å²) < 4.78 is 8.01. The molecule has 5 rings (SSSR count). The summed E-state index contributed by atoms with van der Waals surface area (Å²) in [6.45, 7) is 1.61. The van der Waals surface area contributed by atoms with Crippen molar-refractivity contribution in [1.29, 1.82) is 0 Å². The highest BCUT2D eigenvalue weighted by atomic mass is 127. The maximum atomic E-state index is 12.7. The summed E-state index contributed by atoms with van der Waals surface area (Å²) in [6, 6.07) is 3.56. The molecule has 0 aromatic heterocycles. The second kappa shape index (κ2) is 5.20. The molecule has 5 nitrogen and oxygen atoms in total. The number of benzene rings is 1. The molecule has 1 aromatic carbocycles. The highest BCUT2D eigenvalue weighted by molar-refractivity contribution is 14.1. The number of likely N-dealkylation sites (tertiary alicyclic amines) is 1. The number of carbonyl (C=O) groups excluding carboxylic acids is 1. The SMILES string of the molecule is O=C1CC[C@@]2(O)C3Cc4ccc(O)c5c4[C@@]2(CCN3CC=CI)[C@H]1O5. The number of nitrogens with zero attached hydrogens (tertiary/aromatic N) is 1. The Hall–Kier alpha value is -1.12. The van der Waals surface area contributed by atoms with Crippen LogP contribution in [0.25, 0.3) is 0 Å². The minimum atomic E-state index is -0.991. The van der Waals surface area contributed by atoms with E-state index < -0.39 is 17.1 Å². The summed E-state index contributed by atoms with van der Waals surface area (Å²) in [4.78, 5) is 15.0. The van der Waals surface area contributed by atoms with Crippen LogP contribution in [0, 0.1) is 0 Å². The minimum absolute atomic E-state index is 0.0314. The van der Waals surface area contributed by atoms with E-state index in [1.807, 2.05) is 10.1 Å². The molecular formula is C19H20INO4. The maximum absolute atomic E-state index is 12.7. The van der Waals surface area contributed by atoms with Gasteiger partial charge in [-0.2, -0.15) is 0 Å². The Morgan fingerprint density at radius 3 is 3.04 bits per heavy atom. The molecule has 0 amide bonds. The number of aliphatic hydroxyl groups is 1. The molecule has 2 heterocycles. The number of aromatic hydroxyl groups is 1. The number of halogens is 1. The third-order valence-corrected chi connectivity index (χ3v) is 7.31. The highest BCUT2D eigenvalue weighted by Crippen LogP contribution is 2.64. The molecule has 6 heteroatoms. The van der Waals surface area contributed by atoms with Gasteiger partial charge in [0.2, 0.25) is 0 Å². The molecular weight excluding hydrogens is 433 g/mol. The number of phenolic OH excluding ortho intramolecular Hbond substituents is 1. The van der Waals surface area contributed by atoms with Gasteiger partial charge < -0.3 is 14.9 Å².